The topological polar surface area (TPSA) is 80.0 Å². The molecule has 2 aromatic rings. The molecule has 1 heterocycles. The molecule has 0 spiro atoms. The summed E-state index contributed by atoms with van der Waals surface area (Å²) in [4.78, 5) is 15.8. The Morgan fingerprint density at radius 3 is 2.70 bits per heavy atom. The molecule has 0 saturated heterocycles. The summed E-state index contributed by atoms with van der Waals surface area (Å²) in [5, 5.41) is 2.34. The number of amides is 1. The van der Waals surface area contributed by atoms with Gasteiger partial charge in [0.15, 0.2) is 0 Å². The summed E-state index contributed by atoms with van der Waals surface area (Å²) in [5.41, 5.74) is 2.63. The number of hydrogen-bond acceptors (Lipinski definition) is 4. The molecule has 20 heavy (non-hydrogen) atoms. The summed E-state index contributed by atoms with van der Waals surface area (Å²) in [6, 6.07) is 3.23. The van der Waals surface area contributed by atoms with E-state index in [1.165, 1.54) is 18.5 Å². The molecular weight excluding hydrogens is 334 g/mol. The zero-order valence-electron chi connectivity index (χ0n) is 9.95. The molecule has 0 radical (unpaired) electrons. The Hall–Kier alpha value is -2.06. The van der Waals surface area contributed by atoms with Gasteiger partial charge in [-0.2, -0.15) is 0 Å². The van der Waals surface area contributed by atoms with Gasteiger partial charge >= 0.3 is 0 Å². The van der Waals surface area contributed by atoms with Crippen LogP contribution in [0.1, 0.15) is 10.4 Å². The third kappa shape index (κ3) is 2.91. The highest BCUT2D eigenvalue weighted by Crippen LogP contribution is 2.24. The Labute approximate surface area is 121 Å². The Morgan fingerprint density at radius 1 is 1.25 bits per heavy atom. The van der Waals surface area contributed by atoms with Crippen LogP contribution in [-0.2, 0) is 0 Å². The number of nitrogens with zero attached hydrogens (tertiary/aromatic N) is 1. The molecule has 1 amide bonds. The van der Waals surface area contributed by atoms with Crippen molar-refractivity contribution >= 4 is 33.2 Å². The third-order valence-electron chi connectivity index (χ3n) is 2.48. The number of aromatic nitrogens is 1. The van der Waals surface area contributed by atoms with Crippen molar-refractivity contribution in [3.63, 3.8) is 0 Å². The second-order valence-electron chi connectivity index (χ2n) is 3.77. The molecule has 0 fully saturated rings. The van der Waals surface area contributed by atoms with Crippen LogP contribution < -0.4 is 16.6 Å². The number of pyridine rings is 1. The number of carbonyl (C=O) groups is 1. The fourth-order valence-corrected chi connectivity index (χ4v) is 1.86. The molecule has 0 aliphatic carbocycles. The number of rotatable bonds is 3. The van der Waals surface area contributed by atoms with E-state index in [9.17, 15) is 13.6 Å². The van der Waals surface area contributed by atoms with E-state index in [1.807, 2.05) is 0 Å². The second-order valence-corrected chi connectivity index (χ2v) is 4.62. The Morgan fingerprint density at radius 2 is 2.00 bits per heavy atom. The van der Waals surface area contributed by atoms with Crippen molar-refractivity contribution in [2.24, 2.45) is 5.84 Å². The number of halogens is 3. The van der Waals surface area contributed by atoms with Crippen molar-refractivity contribution < 1.29 is 13.6 Å². The zero-order chi connectivity index (χ0) is 14.7. The van der Waals surface area contributed by atoms with Gasteiger partial charge in [-0.05, 0) is 28.1 Å². The van der Waals surface area contributed by atoms with E-state index >= 15 is 0 Å². The van der Waals surface area contributed by atoms with Crippen LogP contribution in [0.2, 0.25) is 0 Å². The lowest BCUT2D eigenvalue weighted by molar-refractivity contribution is 0.102. The fraction of sp³-hybridized carbons (Fsp3) is 0. The number of hydrazine groups is 1. The predicted octanol–water partition coefficient (Wildman–Crippen LogP) is 2.66. The molecule has 4 N–H and O–H groups in total. The first-order valence-corrected chi connectivity index (χ1v) is 6.18. The number of carbonyl (C=O) groups excluding carboxylic acids is 1. The lowest BCUT2D eigenvalue weighted by Crippen LogP contribution is -2.18. The first-order chi connectivity index (χ1) is 9.52. The highest BCUT2D eigenvalue weighted by atomic mass is 79.9. The van der Waals surface area contributed by atoms with Gasteiger partial charge < -0.3 is 10.7 Å². The fourth-order valence-electron chi connectivity index (χ4n) is 1.52. The van der Waals surface area contributed by atoms with Gasteiger partial charge in [0.1, 0.15) is 11.6 Å². The maximum absolute atomic E-state index is 13.6. The molecule has 0 aliphatic heterocycles. The van der Waals surface area contributed by atoms with Crippen molar-refractivity contribution in [1.29, 1.82) is 0 Å². The molecule has 104 valence electrons. The van der Waals surface area contributed by atoms with Gasteiger partial charge in [-0.25, -0.2) is 8.78 Å². The van der Waals surface area contributed by atoms with Crippen LogP contribution in [0.25, 0.3) is 0 Å². The average molecular weight is 343 g/mol. The van der Waals surface area contributed by atoms with Crippen molar-refractivity contribution in [2.75, 3.05) is 10.7 Å². The average Bonchev–Trinajstić information content (AvgIpc) is 2.44. The van der Waals surface area contributed by atoms with Crippen molar-refractivity contribution in [3.8, 4) is 0 Å². The van der Waals surface area contributed by atoms with Gasteiger partial charge in [0.05, 0.1) is 27.6 Å². The minimum Gasteiger partial charge on any atom is -0.322 e. The number of nitrogen functional groups attached to an aromatic ring is 1. The summed E-state index contributed by atoms with van der Waals surface area (Å²) in [6.45, 7) is 0. The Kier molecular flexibility index (Phi) is 4.26. The van der Waals surface area contributed by atoms with E-state index in [1.54, 1.807) is 0 Å². The maximum Gasteiger partial charge on any atom is 0.258 e. The number of nitrogens with one attached hydrogen (secondary N) is 2. The predicted molar refractivity (Wildman–Crippen MR) is 74.1 cm³/mol. The molecule has 0 bridgehead atoms. The lowest BCUT2D eigenvalue weighted by Gasteiger charge is -2.10. The first kappa shape index (κ1) is 14.4. The second kappa shape index (κ2) is 5.93. The van der Waals surface area contributed by atoms with Gasteiger partial charge in [0.2, 0.25) is 0 Å². The smallest absolute Gasteiger partial charge is 0.258 e. The molecule has 1 aromatic carbocycles. The minimum atomic E-state index is -0.879. The molecule has 0 aliphatic rings. The molecule has 2 rings (SSSR count). The van der Waals surface area contributed by atoms with E-state index < -0.39 is 17.5 Å². The van der Waals surface area contributed by atoms with Crippen LogP contribution in [-0.4, -0.2) is 10.9 Å². The van der Waals surface area contributed by atoms with Crippen molar-refractivity contribution in [1.82, 2.24) is 4.98 Å². The van der Waals surface area contributed by atoms with Crippen LogP contribution in [0.15, 0.2) is 35.1 Å². The number of hydrogen-bond donors (Lipinski definition) is 3. The Bertz CT molecular complexity index is 666. The number of benzene rings is 1. The van der Waals surface area contributed by atoms with E-state index in [2.05, 4.69) is 31.7 Å². The summed E-state index contributed by atoms with van der Waals surface area (Å²) >= 11 is 2.92. The van der Waals surface area contributed by atoms with Crippen LogP contribution in [0.5, 0.6) is 0 Å². The van der Waals surface area contributed by atoms with Crippen LogP contribution in [0.4, 0.5) is 20.2 Å². The highest BCUT2D eigenvalue weighted by Gasteiger charge is 2.15. The van der Waals surface area contributed by atoms with Gasteiger partial charge in [-0.1, -0.05) is 0 Å². The molecular formula is C12H9BrF2N4O. The molecule has 0 atom stereocenters. The summed E-state index contributed by atoms with van der Waals surface area (Å²) in [6.07, 6.45) is 2.75. The molecule has 0 saturated carbocycles. The lowest BCUT2D eigenvalue weighted by atomic mass is 10.2. The molecule has 1 aromatic heterocycles. The van der Waals surface area contributed by atoms with Crippen LogP contribution in [0.3, 0.4) is 0 Å². The maximum atomic E-state index is 13.6. The SMILES string of the molecule is NNc1cnccc1C(=O)Nc1cc(Br)c(F)cc1F. The first-order valence-electron chi connectivity index (χ1n) is 5.39. The summed E-state index contributed by atoms with van der Waals surface area (Å²) < 4.78 is 26.7. The van der Waals surface area contributed by atoms with Gasteiger partial charge in [-0.15, -0.1) is 0 Å². The van der Waals surface area contributed by atoms with E-state index in [0.717, 1.165) is 6.07 Å². The highest BCUT2D eigenvalue weighted by molar-refractivity contribution is 9.10. The zero-order valence-corrected chi connectivity index (χ0v) is 11.5. The third-order valence-corrected chi connectivity index (χ3v) is 3.09. The van der Waals surface area contributed by atoms with E-state index in [4.69, 9.17) is 5.84 Å². The van der Waals surface area contributed by atoms with Gasteiger partial charge in [0, 0.05) is 12.3 Å². The van der Waals surface area contributed by atoms with Crippen molar-refractivity contribution in [3.05, 3.63) is 52.3 Å². The minimum absolute atomic E-state index is 0.0427. The number of nitrogens with two attached hydrogens (primary N) is 1. The number of anilines is 2. The van der Waals surface area contributed by atoms with Crippen LogP contribution in [0, 0.1) is 11.6 Å². The van der Waals surface area contributed by atoms with E-state index in [-0.39, 0.29) is 21.4 Å². The van der Waals surface area contributed by atoms with Gasteiger partial charge in [0.25, 0.3) is 5.91 Å². The Balaban J connectivity index is 2.30. The molecule has 8 heteroatoms. The summed E-state index contributed by atoms with van der Waals surface area (Å²) in [7, 11) is 0. The van der Waals surface area contributed by atoms with E-state index in [0.29, 0.717) is 6.07 Å². The van der Waals surface area contributed by atoms with Crippen LogP contribution >= 0.6 is 15.9 Å². The standard InChI is InChI=1S/C12H9BrF2N4O/c13-7-3-10(9(15)4-8(7)14)18-12(20)6-1-2-17-5-11(6)19-16/h1-5,19H,16H2,(H,18,20). The van der Waals surface area contributed by atoms with Crippen molar-refractivity contribution in [2.45, 2.75) is 0 Å². The normalized spacial score (nSPS) is 10.2. The monoisotopic (exact) mass is 342 g/mol. The largest absolute Gasteiger partial charge is 0.322 e. The summed E-state index contributed by atoms with van der Waals surface area (Å²) in [5.74, 6) is 3.02. The molecule has 0 unspecified atom stereocenters. The quantitative estimate of drug-likeness (QED) is 0.455. The molecule has 5 nitrogen and oxygen atoms in total. The van der Waals surface area contributed by atoms with Gasteiger partial charge in [-0.3, -0.25) is 15.6 Å².